The lowest BCUT2D eigenvalue weighted by atomic mass is 9.80. The van der Waals surface area contributed by atoms with Gasteiger partial charge in [-0.3, -0.25) is 0 Å². The molecular formula is C11H23NO3. The largest absolute Gasteiger partial charge is 0.394 e. The van der Waals surface area contributed by atoms with E-state index in [4.69, 9.17) is 20.7 Å². The fraction of sp³-hybridized carbons (Fsp3) is 1.00. The molecule has 1 aliphatic carbocycles. The second-order valence-corrected chi connectivity index (χ2v) is 4.41. The summed E-state index contributed by atoms with van der Waals surface area (Å²) in [5.74, 6) is 1.11. The zero-order chi connectivity index (χ0) is 11.1. The Morgan fingerprint density at radius 2 is 1.93 bits per heavy atom. The van der Waals surface area contributed by atoms with E-state index < -0.39 is 6.10 Å². The Hall–Kier alpha value is -0.160. The van der Waals surface area contributed by atoms with Crippen molar-refractivity contribution in [3.05, 3.63) is 0 Å². The summed E-state index contributed by atoms with van der Waals surface area (Å²) < 4.78 is 5.39. The highest BCUT2D eigenvalue weighted by Crippen LogP contribution is 2.29. The SMILES string of the molecule is NCC1CCCCC1COCC(O)CO. The number of rotatable bonds is 6. The van der Waals surface area contributed by atoms with Crippen molar-refractivity contribution in [3.63, 3.8) is 0 Å². The molecule has 1 rings (SSSR count). The van der Waals surface area contributed by atoms with E-state index in [0.29, 0.717) is 18.4 Å². The Labute approximate surface area is 91.4 Å². The second-order valence-electron chi connectivity index (χ2n) is 4.41. The molecule has 15 heavy (non-hydrogen) atoms. The lowest BCUT2D eigenvalue weighted by Crippen LogP contribution is -2.31. The minimum absolute atomic E-state index is 0.226. The minimum Gasteiger partial charge on any atom is -0.394 e. The van der Waals surface area contributed by atoms with E-state index in [1.165, 1.54) is 25.7 Å². The quantitative estimate of drug-likeness (QED) is 0.591. The van der Waals surface area contributed by atoms with E-state index in [2.05, 4.69) is 0 Å². The first-order chi connectivity index (χ1) is 7.27. The van der Waals surface area contributed by atoms with Crippen LogP contribution in [0, 0.1) is 11.8 Å². The van der Waals surface area contributed by atoms with Gasteiger partial charge in [0.05, 0.1) is 13.2 Å². The summed E-state index contributed by atoms with van der Waals surface area (Å²) in [5, 5.41) is 17.7. The number of hydrogen-bond acceptors (Lipinski definition) is 4. The van der Waals surface area contributed by atoms with Gasteiger partial charge >= 0.3 is 0 Å². The van der Waals surface area contributed by atoms with Gasteiger partial charge in [0, 0.05) is 6.61 Å². The molecule has 0 amide bonds. The molecule has 1 aliphatic rings. The van der Waals surface area contributed by atoms with Crippen molar-refractivity contribution < 1.29 is 14.9 Å². The summed E-state index contributed by atoms with van der Waals surface area (Å²) in [5.41, 5.74) is 5.71. The highest BCUT2D eigenvalue weighted by Gasteiger charge is 2.24. The smallest absolute Gasteiger partial charge is 0.100 e. The zero-order valence-corrected chi connectivity index (χ0v) is 9.27. The van der Waals surface area contributed by atoms with Gasteiger partial charge in [-0.2, -0.15) is 0 Å². The van der Waals surface area contributed by atoms with Crippen LogP contribution in [0.5, 0.6) is 0 Å². The number of aliphatic hydroxyl groups is 2. The summed E-state index contributed by atoms with van der Waals surface area (Å²) >= 11 is 0. The maximum absolute atomic E-state index is 9.11. The predicted octanol–water partition coefficient (Wildman–Crippen LogP) is 0.121. The van der Waals surface area contributed by atoms with Crippen molar-refractivity contribution in [2.75, 3.05) is 26.4 Å². The Kier molecular flexibility index (Phi) is 6.17. The zero-order valence-electron chi connectivity index (χ0n) is 9.27. The van der Waals surface area contributed by atoms with Gasteiger partial charge < -0.3 is 20.7 Å². The first-order valence-corrected chi connectivity index (χ1v) is 5.84. The summed E-state index contributed by atoms with van der Waals surface area (Å²) in [7, 11) is 0. The standard InChI is InChI=1S/C11H23NO3/c12-5-9-3-1-2-4-10(9)7-15-8-11(14)6-13/h9-11,13-14H,1-8,12H2. The molecule has 0 aliphatic heterocycles. The van der Waals surface area contributed by atoms with Crippen LogP contribution in [0.1, 0.15) is 25.7 Å². The molecule has 1 fully saturated rings. The summed E-state index contributed by atoms with van der Waals surface area (Å²) in [4.78, 5) is 0. The lowest BCUT2D eigenvalue weighted by Gasteiger charge is -2.30. The van der Waals surface area contributed by atoms with Gasteiger partial charge in [-0.1, -0.05) is 12.8 Å². The molecule has 0 saturated heterocycles. The molecule has 4 heteroatoms. The van der Waals surface area contributed by atoms with E-state index in [1.807, 2.05) is 0 Å². The predicted molar refractivity (Wildman–Crippen MR) is 58.4 cm³/mol. The third-order valence-corrected chi connectivity index (χ3v) is 3.22. The molecule has 0 spiro atoms. The highest BCUT2D eigenvalue weighted by molar-refractivity contribution is 4.75. The monoisotopic (exact) mass is 217 g/mol. The molecule has 1 saturated carbocycles. The van der Waals surface area contributed by atoms with Gasteiger partial charge in [-0.15, -0.1) is 0 Å². The first kappa shape index (κ1) is 12.9. The third-order valence-electron chi connectivity index (χ3n) is 3.22. The molecule has 4 nitrogen and oxygen atoms in total. The molecular weight excluding hydrogens is 194 g/mol. The fourth-order valence-corrected chi connectivity index (χ4v) is 2.22. The van der Waals surface area contributed by atoms with Gasteiger partial charge in [-0.25, -0.2) is 0 Å². The Morgan fingerprint density at radius 1 is 1.27 bits per heavy atom. The summed E-state index contributed by atoms with van der Waals surface area (Å²) in [6, 6.07) is 0. The number of nitrogens with two attached hydrogens (primary N) is 1. The second kappa shape index (κ2) is 7.17. The van der Waals surface area contributed by atoms with E-state index in [0.717, 1.165) is 6.54 Å². The van der Waals surface area contributed by atoms with Gasteiger partial charge in [-0.05, 0) is 31.2 Å². The van der Waals surface area contributed by atoms with E-state index in [9.17, 15) is 0 Å². The molecule has 3 unspecified atom stereocenters. The van der Waals surface area contributed by atoms with E-state index >= 15 is 0 Å². The average molecular weight is 217 g/mol. The van der Waals surface area contributed by atoms with Crippen LogP contribution < -0.4 is 5.73 Å². The Morgan fingerprint density at radius 3 is 2.53 bits per heavy atom. The van der Waals surface area contributed by atoms with Crippen molar-refractivity contribution >= 4 is 0 Å². The molecule has 0 aromatic heterocycles. The molecule has 90 valence electrons. The van der Waals surface area contributed by atoms with Crippen LogP contribution >= 0.6 is 0 Å². The van der Waals surface area contributed by atoms with Crippen molar-refractivity contribution in [1.29, 1.82) is 0 Å². The van der Waals surface area contributed by atoms with Crippen LogP contribution in [0.4, 0.5) is 0 Å². The van der Waals surface area contributed by atoms with Crippen molar-refractivity contribution in [3.8, 4) is 0 Å². The summed E-state index contributed by atoms with van der Waals surface area (Å²) in [6.07, 6.45) is 4.17. The van der Waals surface area contributed by atoms with Crippen LogP contribution in [-0.4, -0.2) is 42.7 Å². The Bertz CT molecular complexity index is 166. The average Bonchev–Trinajstić information content (AvgIpc) is 2.29. The molecule has 0 bridgehead atoms. The van der Waals surface area contributed by atoms with Crippen molar-refractivity contribution in [2.45, 2.75) is 31.8 Å². The molecule has 3 atom stereocenters. The normalized spacial score (nSPS) is 29.0. The molecule has 0 aromatic carbocycles. The lowest BCUT2D eigenvalue weighted by molar-refractivity contribution is -0.0157. The van der Waals surface area contributed by atoms with Crippen LogP contribution in [0.25, 0.3) is 0 Å². The highest BCUT2D eigenvalue weighted by atomic mass is 16.5. The Balaban J connectivity index is 2.17. The van der Waals surface area contributed by atoms with Crippen molar-refractivity contribution in [1.82, 2.24) is 0 Å². The van der Waals surface area contributed by atoms with Gasteiger partial charge in [0.25, 0.3) is 0 Å². The fourth-order valence-electron chi connectivity index (χ4n) is 2.22. The molecule has 0 heterocycles. The van der Waals surface area contributed by atoms with Crippen LogP contribution in [0.2, 0.25) is 0 Å². The van der Waals surface area contributed by atoms with Crippen LogP contribution in [0.15, 0.2) is 0 Å². The first-order valence-electron chi connectivity index (χ1n) is 5.84. The summed E-state index contributed by atoms with van der Waals surface area (Å²) in [6.45, 7) is 1.39. The molecule has 4 N–H and O–H groups in total. The van der Waals surface area contributed by atoms with Gasteiger partial charge in [0.15, 0.2) is 0 Å². The number of hydrogen-bond donors (Lipinski definition) is 3. The third kappa shape index (κ3) is 4.47. The van der Waals surface area contributed by atoms with Gasteiger partial charge in [0.1, 0.15) is 6.10 Å². The van der Waals surface area contributed by atoms with E-state index in [-0.39, 0.29) is 13.2 Å². The van der Waals surface area contributed by atoms with Crippen LogP contribution in [-0.2, 0) is 4.74 Å². The molecule has 0 radical (unpaired) electrons. The maximum atomic E-state index is 9.11. The minimum atomic E-state index is -0.745. The van der Waals surface area contributed by atoms with Crippen molar-refractivity contribution in [2.24, 2.45) is 17.6 Å². The topological polar surface area (TPSA) is 75.7 Å². The maximum Gasteiger partial charge on any atom is 0.100 e. The van der Waals surface area contributed by atoms with Crippen LogP contribution in [0.3, 0.4) is 0 Å². The van der Waals surface area contributed by atoms with E-state index in [1.54, 1.807) is 0 Å². The number of ether oxygens (including phenoxy) is 1. The van der Waals surface area contributed by atoms with Gasteiger partial charge in [0.2, 0.25) is 0 Å². The number of aliphatic hydroxyl groups excluding tert-OH is 2. The molecule has 0 aromatic rings.